The summed E-state index contributed by atoms with van der Waals surface area (Å²) in [4.78, 5) is 25.9. The Morgan fingerprint density at radius 1 is 0.535 bits per heavy atom. The van der Waals surface area contributed by atoms with Crippen molar-refractivity contribution < 1.29 is 33.0 Å². The molecular formula is C34H43NO7Si. The monoisotopic (exact) mass is 605 g/mol. The molecule has 1 aliphatic rings. The van der Waals surface area contributed by atoms with Crippen molar-refractivity contribution in [1.29, 1.82) is 0 Å². The van der Waals surface area contributed by atoms with Crippen molar-refractivity contribution in [2.24, 2.45) is 0 Å². The number of nitrogens with zero attached hydrogens (tertiary/aromatic N) is 1. The second-order valence-electron chi connectivity index (χ2n) is 11.3. The summed E-state index contributed by atoms with van der Waals surface area (Å²) in [6.45, 7) is 10.9. The Kier molecular flexibility index (Phi) is 12.2. The van der Waals surface area contributed by atoms with Crippen LogP contribution in [0.3, 0.4) is 0 Å². The largest absolute Gasteiger partial charge is 0.405 e. The zero-order chi connectivity index (χ0) is 30.5. The predicted molar refractivity (Wildman–Crippen MR) is 169 cm³/mol. The first-order valence-corrected chi connectivity index (χ1v) is 16.8. The smallest absolute Gasteiger partial charge is 0.261 e. The lowest BCUT2D eigenvalue weighted by molar-refractivity contribution is -0.00606. The maximum absolute atomic E-state index is 12.4. The maximum Gasteiger partial charge on any atom is 0.261 e. The Bertz CT molecular complexity index is 1220. The third kappa shape index (κ3) is 8.26. The van der Waals surface area contributed by atoms with E-state index >= 15 is 0 Å². The van der Waals surface area contributed by atoms with E-state index in [1.54, 1.807) is 24.3 Å². The first kappa shape index (κ1) is 32.7. The number of hydrogen-bond acceptors (Lipinski definition) is 7. The molecule has 0 fully saturated rings. The second-order valence-corrected chi connectivity index (χ2v) is 15.6. The highest BCUT2D eigenvalue weighted by molar-refractivity contribution is 6.99. The first-order chi connectivity index (χ1) is 20.9. The van der Waals surface area contributed by atoms with Gasteiger partial charge in [0.25, 0.3) is 20.1 Å². The van der Waals surface area contributed by atoms with Gasteiger partial charge in [0.05, 0.1) is 77.1 Å². The molecule has 0 atom stereocenters. The van der Waals surface area contributed by atoms with Crippen LogP contribution in [0.1, 0.15) is 41.5 Å². The summed E-state index contributed by atoms with van der Waals surface area (Å²) in [5.41, 5.74) is 0.898. The zero-order valence-electron chi connectivity index (χ0n) is 25.5. The molecular weight excluding hydrogens is 562 g/mol. The predicted octanol–water partition coefficient (Wildman–Crippen LogP) is 3.93. The van der Waals surface area contributed by atoms with Gasteiger partial charge in [-0.05, 0) is 27.5 Å². The molecule has 0 N–H and O–H groups in total. The standard InChI is InChI=1S/C34H43NO7Si/c1-34(2,3)43(28-12-6-4-7-13-28,29-14-8-5-9-15-29)42-27-26-41-25-24-40-23-22-39-21-20-38-19-18-35-32(36)30-16-10-11-17-31(30)33(35)37/h4-17H,18-27H2,1-3H3. The van der Waals surface area contributed by atoms with Crippen LogP contribution >= 0.6 is 0 Å². The van der Waals surface area contributed by atoms with Crippen molar-refractivity contribution in [1.82, 2.24) is 4.90 Å². The normalized spacial score (nSPS) is 13.5. The number of hydrogen-bond donors (Lipinski definition) is 0. The summed E-state index contributed by atoms with van der Waals surface area (Å²) < 4.78 is 29.3. The summed E-state index contributed by atoms with van der Waals surface area (Å²) in [6, 6.07) is 28.0. The lowest BCUT2D eigenvalue weighted by atomic mass is 10.1. The van der Waals surface area contributed by atoms with Gasteiger partial charge in [0.1, 0.15) is 0 Å². The third-order valence-electron chi connectivity index (χ3n) is 7.42. The fraction of sp³-hybridized carbons (Fsp3) is 0.412. The number of carbonyl (C=O) groups is 2. The maximum atomic E-state index is 12.4. The summed E-state index contributed by atoms with van der Waals surface area (Å²) in [5, 5.41) is 2.44. The second kappa shape index (κ2) is 16.0. The minimum Gasteiger partial charge on any atom is -0.405 e. The van der Waals surface area contributed by atoms with Gasteiger partial charge >= 0.3 is 0 Å². The molecule has 0 aliphatic carbocycles. The van der Waals surface area contributed by atoms with Crippen LogP contribution in [0.2, 0.25) is 5.04 Å². The van der Waals surface area contributed by atoms with Crippen LogP contribution in [0.15, 0.2) is 84.9 Å². The van der Waals surface area contributed by atoms with E-state index in [1.165, 1.54) is 15.3 Å². The summed E-state index contributed by atoms with van der Waals surface area (Å²) in [7, 11) is -2.55. The number of fused-ring (bicyclic) bond motifs is 1. The van der Waals surface area contributed by atoms with Gasteiger partial charge in [-0.3, -0.25) is 14.5 Å². The molecule has 43 heavy (non-hydrogen) atoms. The van der Waals surface area contributed by atoms with E-state index in [-0.39, 0.29) is 30.0 Å². The molecule has 9 heteroatoms. The number of carbonyl (C=O) groups excluding carboxylic acids is 2. The van der Waals surface area contributed by atoms with Crippen molar-refractivity contribution in [2.45, 2.75) is 25.8 Å². The molecule has 2 amide bonds. The van der Waals surface area contributed by atoms with Gasteiger partial charge in [-0.25, -0.2) is 0 Å². The van der Waals surface area contributed by atoms with Gasteiger partial charge in [0.15, 0.2) is 0 Å². The topological polar surface area (TPSA) is 83.5 Å². The fourth-order valence-electron chi connectivity index (χ4n) is 5.38. The third-order valence-corrected chi connectivity index (χ3v) is 12.5. The Morgan fingerprint density at radius 3 is 1.33 bits per heavy atom. The van der Waals surface area contributed by atoms with Gasteiger partial charge in [-0.1, -0.05) is 93.6 Å². The Hall–Kier alpha value is -3.18. The molecule has 3 aromatic carbocycles. The van der Waals surface area contributed by atoms with Crippen molar-refractivity contribution >= 4 is 30.5 Å². The quantitative estimate of drug-likeness (QED) is 0.124. The Morgan fingerprint density at radius 2 is 0.907 bits per heavy atom. The highest BCUT2D eigenvalue weighted by Crippen LogP contribution is 2.36. The molecule has 0 bridgehead atoms. The van der Waals surface area contributed by atoms with Crippen LogP contribution in [-0.4, -0.2) is 91.0 Å². The van der Waals surface area contributed by atoms with Gasteiger partial charge in [0.2, 0.25) is 0 Å². The highest BCUT2D eigenvalue weighted by Gasteiger charge is 2.50. The zero-order valence-corrected chi connectivity index (χ0v) is 26.5. The fourth-order valence-corrected chi connectivity index (χ4v) is 9.92. The average molecular weight is 606 g/mol. The first-order valence-electron chi connectivity index (χ1n) is 14.9. The molecule has 1 heterocycles. The summed E-state index contributed by atoms with van der Waals surface area (Å²) in [5.74, 6) is -0.540. The summed E-state index contributed by atoms with van der Waals surface area (Å²) >= 11 is 0. The van der Waals surface area contributed by atoms with Gasteiger partial charge in [-0.2, -0.15) is 0 Å². The molecule has 8 nitrogen and oxygen atoms in total. The number of ether oxygens (including phenoxy) is 4. The van der Waals surface area contributed by atoms with Crippen LogP contribution in [0.4, 0.5) is 0 Å². The van der Waals surface area contributed by atoms with Crippen molar-refractivity contribution in [3.05, 3.63) is 96.1 Å². The molecule has 230 valence electrons. The SMILES string of the molecule is CC(C)(C)[Si](OCCOCCOCCOCCOCCN1C(=O)c2ccccc2C1=O)(c1ccccc1)c1ccccc1. The number of rotatable bonds is 18. The van der Waals surface area contributed by atoms with E-state index in [2.05, 4.69) is 69.3 Å². The van der Waals surface area contributed by atoms with Gasteiger partial charge in [0, 0.05) is 0 Å². The molecule has 3 aromatic rings. The summed E-state index contributed by atoms with van der Waals surface area (Å²) in [6.07, 6.45) is 0. The lowest BCUT2D eigenvalue weighted by Crippen LogP contribution is -2.66. The van der Waals surface area contributed by atoms with Crippen molar-refractivity contribution in [3.63, 3.8) is 0 Å². The van der Waals surface area contributed by atoms with Crippen molar-refractivity contribution in [3.8, 4) is 0 Å². The van der Waals surface area contributed by atoms with E-state index in [0.29, 0.717) is 64.0 Å². The van der Waals surface area contributed by atoms with E-state index in [9.17, 15) is 9.59 Å². The van der Waals surface area contributed by atoms with Crippen LogP contribution in [-0.2, 0) is 23.4 Å². The van der Waals surface area contributed by atoms with Crippen LogP contribution in [0.5, 0.6) is 0 Å². The van der Waals surface area contributed by atoms with Crippen LogP contribution < -0.4 is 10.4 Å². The molecule has 0 spiro atoms. The molecule has 0 saturated carbocycles. The number of amides is 2. The van der Waals surface area contributed by atoms with E-state index in [0.717, 1.165) is 0 Å². The molecule has 0 unspecified atom stereocenters. The van der Waals surface area contributed by atoms with Gasteiger partial charge < -0.3 is 23.4 Å². The molecule has 0 aromatic heterocycles. The molecule has 0 radical (unpaired) electrons. The number of imide groups is 1. The molecule has 0 saturated heterocycles. The van der Waals surface area contributed by atoms with Gasteiger partial charge in [-0.15, -0.1) is 0 Å². The molecule has 1 aliphatic heterocycles. The van der Waals surface area contributed by atoms with Crippen molar-refractivity contribution in [2.75, 3.05) is 66.0 Å². The minimum absolute atomic E-state index is 0.0670. The van der Waals surface area contributed by atoms with Crippen LogP contribution in [0.25, 0.3) is 0 Å². The van der Waals surface area contributed by atoms with E-state index < -0.39 is 8.32 Å². The highest BCUT2D eigenvalue weighted by atomic mass is 28.4. The van der Waals surface area contributed by atoms with E-state index in [4.69, 9.17) is 23.4 Å². The van der Waals surface area contributed by atoms with Crippen LogP contribution in [0, 0.1) is 0 Å². The van der Waals surface area contributed by atoms with E-state index in [1.807, 2.05) is 12.1 Å². The lowest BCUT2D eigenvalue weighted by Gasteiger charge is -2.43. The average Bonchev–Trinajstić information content (AvgIpc) is 3.26. The minimum atomic E-state index is -2.55. The Balaban J connectivity index is 1.05. The molecule has 4 rings (SSSR count). The Labute approximate surface area is 256 Å². The number of benzene rings is 3.